The lowest BCUT2D eigenvalue weighted by molar-refractivity contribution is 1.47. The van der Waals surface area contributed by atoms with Crippen LogP contribution in [0.1, 0.15) is 11.1 Å². The summed E-state index contributed by atoms with van der Waals surface area (Å²) in [6, 6.07) is 58.8. The zero-order valence-corrected chi connectivity index (χ0v) is 26.0. The topological polar surface area (TPSA) is 0 Å². The van der Waals surface area contributed by atoms with Crippen LogP contribution >= 0.6 is 0 Å². The van der Waals surface area contributed by atoms with Crippen molar-refractivity contribution in [3.63, 3.8) is 0 Å². The fourth-order valence-corrected chi connectivity index (χ4v) is 7.44. The van der Waals surface area contributed by atoms with Gasteiger partial charge in [0.15, 0.2) is 0 Å². The Hall–Kier alpha value is -5.72. The summed E-state index contributed by atoms with van der Waals surface area (Å²) < 4.78 is 0. The molecule has 0 fully saturated rings. The van der Waals surface area contributed by atoms with Gasteiger partial charge in [0.05, 0.1) is 0 Å². The molecule has 0 N–H and O–H groups in total. The molecule has 0 amide bonds. The van der Waals surface area contributed by atoms with Crippen LogP contribution in [0, 0.1) is 13.8 Å². The Morgan fingerprint density at radius 2 is 0.804 bits per heavy atom. The summed E-state index contributed by atoms with van der Waals surface area (Å²) in [5.41, 5.74) is 10.1. The molecule has 0 heterocycles. The molecule has 216 valence electrons. The fourth-order valence-electron chi connectivity index (χ4n) is 7.44. The third-order valence-electron chi connectivity index (χ3n) is 9.76. The van der Waals surface area contributed by atoms with Gasteiger partial charge in [0.2, 0.25) is 0 Å². The quantitative estimate of drug-likeness (QED) is 0.143. The zero-order valence-electron chi connectivity index (χ0n) is 26.0. The van der Waals surface area contributed by atoms with Gasteiger partial charge in [-0.05, 0) is 119 Å². The number of benzene rings is 9. The van der Waals surface area contributed by atoms with Crippen molar-refractivity contribution >= 4 is 53.9 Å². The van der Waals surface area contributed by atoms with E-state index >= 15 is 0 Å². The van der Waals surface area contributed by atoms with Crippen LogP contribution < -0.4 is 0 Å². The molecule has 0 aliphatic rings. The van der Waals surface area contributed by atoms with E-state index in [9.17, 15) is 0 Å². The van der Waals surface area contributed by atoms with Gasteiger partial charge in [0, 0.05) is 0 Å². The van der Waals surface area contributed by atoms with Crippen LogP contribution in [0.3, 0.4) is 0 Å². The smallest absolute Gasteiger partial charge is 0.00262 e. The Bertz CT molecular complexity index is 2620. The average molecular weight is 585 g/mol. The monoisotopic (exact) mass is 584 g/mol. The van der Waals surface area contributed by atoms with Gasteiger partial charge in [-0.25, -0.2) is 0 Å². The van der Waals surface area contributed by atoms with Crippen LogP contribution in [-0.2, 0) is 0 Å². The molecule has 0 bridgehead atoms. The highest BCUT2D eigenvalue weighted by Crippen LogP contribution is 2.45. The Labute approximate surface area is 269 Å². The molecule has 0 atom stereocenters. The van der Waals surface area contributed by atoms with E-state index in [1.807, 2.05) is 0 Å². The van der Waals surface area contributed by atoms with Crippen LogP contribution in [0.4, 0.5) is 0 Å². The van der Waals surface area contributed by atoms with Gasteiger partial charge in [0.25, 0.3) is 0 Å². The molecule has 9 rings (SSSR count). The second-order valence-corrected chi connectivity index (χ2v) is 12.7. The van der Waals surface area contributed by atoms with E-state index in [0.29, 0.717) is 0 Å². The third kappa shape index (κ3) is 4.22. The highest BCUT2D eigenvalue weighted by molar-refractivity contribution is 6.22. The van der Waals surface area contributed by atoms with Crippen LogP contribution in [0.25, 0.3) is 87.2 Å². The predicted molar refractivity (Wildman–Crippen MR) is 200 cm³/mol. The van der Waals surface area contributed by atoms with Gasteiger partial charge in [-0.15, -0.1) is 0 Å². The van der Waals surface area contributed by atoms with Crippen LogP contribution in [0.5, 0.6) is 0 Å². The summed E-state index contributed by atoms with van der Waals surface area (Å²) in [6.45, 7) is 4.31. The van der Waals surface area contributed by atoms with Crippen molar-refractivity contribution in [1.29, 1.82) is 0 Å². The number of fused-ring (bicyclic) bond motifs is 6. The van der Waals surface area contributed by atoms with Crippen LogP contribution in [0.15, 0.2) is 158 Å². The normalized spacial score (nSPS) is 11.7. The minimum atomic E-state index is 1.23. The number of rotatable bonds is 3. The Kier molecular flexibility index (Phi) is 6.05. The SMILES string of the molecule is Cc1ccc(-c2c3ccccc3c(-c3ccc(C)cc3)c3cc(-c4cccc5c4ccc4cc6ccccc6cc45)ccc23)cc1. The molecule has 0 unspecified atom stereocenters. The van der Waals surface area contributed by atoms with E-state index in [1.54, 1.807) is 0 Å². The maximum atomic E-state index is 2.44. The first-order valence-corrected chi connectivity index (χ1v) is 16.1. The maximum Gasteiger partial charge on any atom is -0.00262 e. The van der Waals surface area contributed by atoms with Crippen molar-refractivity contribution in [3.8, 4) is 33.4 Å². The molecule has 0 radical (unpaired) electrons. The lowest BCUT2D eigenvalue weighted by atomic mass is 9.84. The molecule has 0 saturated carbocycles. The summed E-state index contributed by atoms with van der Waals surface area (Å²) >= 11 is 0. The first kappa shape index (κ1) is 26.7. The van der Waals surface area contributed by atoms with Crippen molar-refractivity contribution in [2.45, 2.75) is 13.8 Å². The summed E-state index contributed by atoms with van der Waals surface area (Å²) in [7, 11) is 0. The number of hydrogen-bond acceptors (Lipinski definition) is 0. The summed E-state index contributed by atoms with van der Waals surface area (Å²) in [6.07, 6.45) is 0. The van der Waals surface area contributed by atoms with Crippen LogP contribution in [0.2, 0.25) is 0 Å². The van der Waals surface area contributed by atoms with E-state index < -0.39 is 0 Å². The first-order valence-electron chi connectivity index (χ1n) is 16.1. The molecule has 0 saturated heterocycles. The van der Waals surface area contributed by atoms with E-state index in [4.69, 9.17) is 0 Å². The number of aryl methyl sites for hydroxylation is 2. The Morgan fingerprint density at radius 1 is 0.283 bits per heavy atom. The Balaban J connectivity index is 1.36. The van der Waals surface area contributed by atoms with Crippen molar-refractivity contribution in [1.82, 2.24) is 0 Å². The molecule has 0 spiro atoms. The van der Waals surface area contributed by atoms with Gasteiger partial charge in [0.1, 0.15) is 0 Å². The Morgan fingerprint density at radius 3 is 1.48 bits per heavy atom. The predicted octanol–water partition coefficient (Wildman–Crippen LogP) is 13.1. The van der Waals surface area contributed by atoms with Crippen molar-refractivity contribution in [3.05, 3.63) is 169 Å². The lowest BCUT2D eigenvalue weighted by Crippen LogP contribution is -1.92. The van der Waals surface area contributed by atoms with Gasteiger partial charge in [-0.3, -0.25) is 0 Å². The molecule has 9 aromatic carbocycles. The van der Waals surface area contributed by atoms with Crippen LogP contribution in [-0.4, -0.2) is 0 Å². The minimum Gasteiger partial charge on any atom is -0.0616 e. The van der Waals surface area contributed by atoms with Gasteiger partial charge in [-0.2, -0.15) is 0 Å². The minimum absolute atomic E-state index is 1.23. The molecule has 0 aliphatic carbocycles. The highest BCUT2D eigenvalue weighted by atomic mass is 14.2. The van der Waals surface area contributed by atoms with E-state index in [2.05, 4.69) is 172 Å². The standard InChI is InChI=1S/C46H32/c1-29-14-18-31(19-15-29)45-40-10-5-6-11-41(40)46(32-20-16-30(2)17-21-32)44-28-36(23-25-42(44)45)37-12-7-13-38-39(37)24-22-35-26-33-8-3-4-9-34(33)27-43(35)38/h3-28H,1-2H3. The molecule has 0 aromatic heterocycles. The first-order chi connectivity index (χ1) is 22.6. The molecular weight excluding hydrogens is 553 g/mol. The second-order valence-electron chi connectivity index (χ2n) is 12.7. The van der Waals surface area contributed by atoms with Crippen molar-refractivity contribution in [2.75, 3.05) is 0 Å². The van der Waals surface area contributed by atoms with Gasteiger partial charge in [-0.1, -0.05) is 151 Å². The molecular formula is C46H32. The summed E-state index contributed by atoms with van der Waals surface area (Å²) in [4.78, 5) is 0. The fraction of sp³-hybridized carbons (Fsp3) is 0.0435. The zero-order chi connectivity index (χ0) is 30.8. The average Bonchev–Trinajstić information content (AvgIpc) is 3.10. The van der Waals surface area contributed by atoms with Gasteiger partial charge < -0.3 is 0 Å². The lowest BCUT2D eigenvalue weighted by Gasteiger charge is -2.19. The van der Waals surface area contributed by atoms with Crippen molar-refractivity contribution < 1.29 is 0 Å². The highest BCUT2D eigenvalue weighted by Gasteiger charge is 2.18. The molecule has 0 aliphatic heterocycles. The number of hydrogen-bond donors (Lipinski definition) is 0. The maximum absolute atomic E-state index is 2.44. The molecule has 0 nitrogen and oxygen atoms in total. The van der Waals surface area contributed by atoms with Gasteiger partial charge >= 0.3 is 0 Å². The van der Waals surface area contributed by atoms with E-state index in [0.717, 1.165) is 0 Å². The van der Waals surface area contributed by atoms with E-state index in [1.165, 1.54) is 98.4 Å². The molecule has 0 heteroatoms. The largest absolute Gasteiger partial charge is 0.0616 e. The summed E-state index contributed by atoms with van der Waals surface area (Å²) in [5.74, 6) is 0. The van der Waals surface area contributed by atoms with Crippen molar-refractivity contribution in [2.24, 2.45) is 0 Å². The third-order valence-corrected chi connectivity index (χ3v) is 9.76. The molecule has 46 heavy (non-hydrogen) atoms. The molecule has 9 aromatic rings. The second kappa shape index (κ2) is 10.4. The van der Waals surface area contributed by atoms with E-state index in [-0.39, 0.29) is 0 Å². The summed E-state index contributed by atoms with van der Waals surface area (Å²) in [5, 5.41) is 12.8.